The van der Waals surface area contributed by atoms with Crippen molar-refractivity contribution in [2.75, 3.05) is 13.1 Å². The molecule has 0 bridgehead atoms. The zero-order chi connectivity index (χ0) is 10.8. The predicted octanol–water partition coefficient (Wildman–Crippen LogP) is 0.523. The van der Waals surface area contributed by atoms with Crippen molar-refractivity contribution in [2.24, 2.45) is 5.92 Å². The minimum absolute atomic E-state index is 0.0106. The Kier molecular flexibility index (Phi) is 2.93. The highest BCUT2D eigenvalue weighted by Crippen LogP contribution is 2.28. The molecule has 2 rings (SSSR count). The van der Waals surface area contributed by atoms with Crippen LogP contribution in [0.4, 0.5) is 0 Å². The molecule has 1 N–H and O–H groups in total. The lowest BCUT2D eigenvalue weighted by Gasteiger charge is -2.39. The molecule has 4 nitrogen and oxygen atoms in total. The number of hydrogen-bond donors (Lipinski definition) is 1. The van der Waals surface area contributed by atoms with Crippen molar-refractivity contribution in [3.63, 3.8) is 0 Å². The number of nitrogens with one attached hydrogen (secondary N) is 1. The monoisotopic (exact) mass is 210 g/mol. The molecular weight excluding hydrogens is 192 g/mol. The van der Waals surface area contributed by atoms with Crippen molar-refractivity contribution in [3.05, 3.63) is 0 Å². The van der Waals surface area contributed by atoms with Crippen molar-refractivity contribution in [1.82, 2.24) is 10.2 Å². The largest absolute Gasteiger partial charge is 0.345 e. The van der Waals surface area contributed by atoms with Gasteiger partial charge in [-0.1, -0.05) is 13.3 Å². The predicted molar refractivity (Wildman–Crippen MR) is 56.1 cm³/mol. The SMILES string of the molecule is CCC1C(=O)NCC(=O)N1CC1CCC1. The fourth-order valence-corrected chi connectivity index (χ4v) is 2.29. The molecule has 2 aliphatic rings. The summed E-state index contributed by atoms with van der Waals surface area (Å²) in [5, 5.41) is 2.64. The molecule has 1 heterocycles. The van der Waals surface area contributed by atoms with Gasteiger partial charge in [0.05, 0.1) is 6.54 Å². The van der Waals surface area contributed by atoms with Gasteiger partial charge in [0.15, 0.2) is 0 Å². The van der Waals surface area contributed by atoms with E-state index in [1.54, 1.807) is 4.90 Å². The number of hydrogen-bond acceptors (Lipinski definition) is 2. The van der Waals surface area contributed by atoms with Gasteiger partial charge in [-0.05, 0) is 25.2 Å². The summed E-state index contributed by atoms with van der Waals surface area (Å²) in [7, 11) is 0. The fourth-order valence-electron chi connectivity index (χ4n) is 2.29. The maximum atomic E-state index is 11.7. The number of piperazine rings is 1. The van der Waals surface area contributed by atoms with Gasteiger partial charge in [-0.2, -0.15) is 0 Å². The van der Waals surface area contributed by atoms with Crippen LogP contribution in [0.3, 0.4) is 0 Å². The van der Waals surface area contributed by atoms with Gasteiger partial charge in [0.1, 0.15) is 6.04 Å². The van der Waals surface area contributed by atoms with Crippen LogP contribution in [-0.4, -0.2) is 35.8 Å². The van der Waals surface area contributed by atoms with Gasteiger partial charge >= 0.3 is 0 Å². The van der Waals surface area contributed by atoms with E-state index in [1.165, 1.54) is 19.3 Å². The first-order valence-electron chi connectivity index (χ1n) is 5.79. The van der Waals surface area contributed by atoms with Crippen molar-refractivity contribution in [3.8, 4) is 0 Å². The summed E-state index contributed by atoms with van der Waals surface area (Å²) < 4.78 is 0. The second-order valence-corrected chi connectivity index (χ2v) is 4.48. The van der Waals surface area contributed by atoms with Crippen molar-refractivity contribution in [1.29, 1.82) is 0 Å². The zero-order valence-corrected chi connectivity index (χ0v) is 9.16. The van der Waals surface area contributed by atoms with Gasteiger partial charge in [0.25, 0.3) is 0 Å². The lowest BCUT2D eigenvalue weighted by molar-refractivity contribution is -0.146. The molecule has 4 heteroatoms. The quantitative estimate of drug-likeness (QED) is 0.738. The second-order valence-electron chi connectivity index (χ2n) is 4.48. The van der Waals surface area contributed by atoms with Crippen molar-refractivity contribution >= 4 is 11.8 Å². The molecule has 1 unspecified atom stereocenters. The summed E-state index contributed by atoms with van der Waals surface area (Å²) in [6.07, 6.45) is 4.41. The van der Waals surface area contributed by atoms with Gasteiger partial charge in [0, 0.05) is 6.54 Å². The molecule has 2 fully saturated rings. The van der Waals surface area contributed by atoms with Gasteiger partial charge in [-0.25, -0.2) is 0 Å². The van der Waals surface area contributed by atoms with E-state index in [9.17, 15) is 9.59 Å². The lowest BCUT2D eigenvalue weighted by atomic mass is 9.84. The van der Waals surface area contributed by atoms with Crippen molar-refractivity contribution < 1.29 is 9.59 Å². The van der Waals surface area contributed by atoms with Crippen LogP contribution >= 0.6 is 0 Å². The van der Waals surface area contributed by atoms with Crippen LogP contribution in [0.2, 0.25) is 0 Å². The van der Waals surface area contributed by atoms with Crippen LogP contribution in [0.15, 0.2) is 0 Å². The average molecular weight is 210 g/mol. The standard InChI is InChI=1S/C11H18N2O2/c1-2-9-11(15)12-6-10(14)13(9)7-8-4-3-5-8/h8-9H,2-7H2,1H3,(H,12,15). The molecule has 1 saturated carbocycles. The van der Waals surface area contributed by atoms with E-state index in [0.29, 0.717) is 12.3 Å². The molecule has 0 aromatic carbocycles. The Morgan fingerprint density at radius 1 is 1.40 bits per heavy atom. The Balaban J connectivity index is 2.01. The summed E-state index contributed by atoms with van der Waals surface area (Å²) >= 11 is 0. The normalized spacial score (nSPS) is 27.5. The number of rotatable bonds is 3. The first-order valence-corrected chi connectivity index (χ1v) is 5.79. The molecule has 1 aliphatic carbocycles. The molecule has 0 aromatic heterocycles. The third-order valence-corrected chi connectivity index (χ3v) is 3.48. The highest BCUT2D eigenvalue weighted by atomic mass is 16.2. The summed E-state index contributed by atoms with van der Waals surface area (Å²) in [6, 6.07) is -0.230. The third-order valence-electron chi connectivity index (χ3n) is 3.48. The minimum Gasteiger partial charge on any atom is -0.345 e. The van der Waals surface area contributed by atoms with Crippen LogP contribution in [-0.2, 0) is 9.59 Å². The topological polar surface area (TPSA) is 49.4 Å². The molecular formula is C11H18N2O2. The highest BCUT2D eigenvalue weighted by Gasteiger charge is 2.35. The first kappa shape index (κ1) is 10.5. The van der Waals surface area contributed by atoms with Gasteiger partial charge in [-0.15, -0.1) is 0 Å². The maximum Gasteiger partial charge on any atom is 0.243 e. The molecule has 84 valence electrons. The molecule has 0 aromatic rings. The van der Waals surface area contributed by atoms with Crippen molar-refractivity contribution in [2.45, 2.75) is 38.6 Å². The molecule has 0 radical (unpaired) electrons. The fraction of sp³-hybridized carbons (Fsp3) is 0.818. The van der Waals surface area contributed by atoms with Crippen LogP contribution in [0.1, 0.15) is 32.6 Å². The molecule has 2 amide bonds. The van der Waals surface area contributed by atoms with Crippen LogP contribution in [0.25, 0.3) is 0 Å². The van der Waals surface area contributed by atoms with Gasteiger partial charge in [-0.3, -0.25) is 9.59 Å². The molecule has 1 atom stereocenters. The van der Waals surface area contributed by atoms with Gasteiger partial charge < -0.3 is 10.2 Å². The summed E-state index contributed by atoms with van der Waals surface area (Å²) in [4.78, 5) is 25.0. The van der Waals surface area contributed by atoms with E-state index in [2.05, 4.69) is 5.32 Å². The van der Waals surface area contributed by atoms with E-state index in [1.807, 2.05) is 6.92 Å². The third kappa shape index (κ3) is 1.98. The second kappa shape index (κ2) is 4.21. The minimum atomic E-state index is -0.230. The first-order chi connectivity index (χ1) is 7.22. The summed E-state index contributed by atoms with van der Waals surface area (Å²) in [5.41, 5.74) is 0. The number of carbonyl (C=O) groups excluding carboxylic acids is 2. The molecule has 1 aliphatic heterocycles. The molecule has 1 saturated heterocycles. The Morgan fingerprint density at radius 2 is 2.13 bits per heavy atom. The zero-order valence-electron chi connectivity index (χ0n) is 9.16. The highest BCUT2D eigenvalue weighted by molar-refractivity contribution is 5.94. The van der Waals surface area contributed by atoms with Crippen LogP contribution in [0, 0.1) is 5.92 Å². The Morgan fingerprint density at radius 3 is 2.67 bits per heavy atom. The van der Waals surface area contributed by atoms with Crippen LogP contribution in [0.5, 0.6) is 0 Å². The van der Waals surface area contributed by atoms with E-state index >= 15 is 0 Å². The number of carbonyl (C=O) groups is 2. The Hall–Kier alpha value is -1.06. The van der Waals surface area contributed by atoms with Gasteiger partial charge in [0.2, 0.25) is 11.8 Å². The number of amides is 2. The lowest BCUT2D eigenvalue weighted by Crippen LogP contribution is -2.59. The number of nitrogens with zero attached hydrogens (tertiary/aromatic N) is 1. The smallest absolute Gasteiger partial charge is 0.243 e. The van der Waals surface area contributed by atoms with E-state index in [4.69, 9.17) is 0 Å². The Labute approximate surface area is 90.0 Å². The average Bonchev–Trinajstić information content (AvgIpc) is 2.16. The van der Waals surface area contributed by atoms with E-state index < -0.39 is 0 Å². The Bertz CT molecular complexity index is 274. The molecule has 15 heavy (non-hydrogen) atoms. The summed E-state index contributed by atoms with van der Waals surface area (Å²) in [6.45, 7) is 2.92. The molecule has 0 spiro atoms. The van der Waals surface area contributed by atoms with E-state index in [-0.39, 0.29) is 24.4 Å². The van der Waals surface area contributed by atoms with E-state index in [0.717, 1.165) is 6.54 Å². The maximum absolute atomic E-state index is 11.7. The van der Waals surface area contributed by atoms with Crippen LogP contribution < -0.4 is 5.32 Å². The summed E-state index contributed by atoms with van der Waals surface area (Å²) in [5.74, 6) is 0.721.